The Hall–Kier alpha value is -3.10. The van der Waals surface area contributed by atoms with Gasteiger partial charge in [-0.2, -0.15) is 13.2 Å². The molecule has 0 bridgehead atoms. The highest BCUT2D eigenvalue weighted by molar-refractivity contribution is 5.94. The zero-order valence-electron chi connectivity index (χ0n) is 15.2. The van der Waals surface area contributed by atoms with Crippen molar-refractivity contribution >= 4 is 17.7 Å². The molecule has 1 N–H and O–H groups in total. The topological polar surface area (TPSA) is 58.6 Å². The average Bonchev–Trinajstić information content (AvgIpc) is 3.03. The van der Waals surface area contributed by atoms with Gasteiger partial charge in [0.15, 0.2) is 0 Å². The number of imide groups is 1. The monoisotopic (exact) mass is 410 g/mol. The zero-order chi connectivity index (χ0) is 21.0. The maximum atomic E-state index is 13.4. The van der Waals surface area contributed by atoms with Crippen LogP contribution < -0.4 is 5.32 Å². The number of hydrogen-bond donors (Lipinski definition) is 1. The largest absolute Gasteiger partial charge is 0.447 e. The number of ether oxygens (including phenoxy) is 1. The van der Waals surface area contributed by atoms with Crippen LogP contribution in [0.15, 0.2) is 54.6 Å². The Labute approximate surface area is 164 Å². The number of hydrogen-bond acceptors (Lipinski definition) is 4. The number of nitrogens with one attached hydrogen (secondary N) is 1. The van der Waals surface area contributed by atoms with Crippen molar-refractivity contribution < 1.29 is 31.9 Å². The van der Waals surface area contributed by atoms with E-state index < -0.39 is 42.5 Å². The van der Waals surface area contributed by atoms with Gasteiger partial charge in [-0.3, -0.25) is 4.79 Å². The summed E-state index contributed by atoms with van der Waals surface area (Å²) < 4.78 is 58.2. The van der Waals surface area contributed by atoms with Crippen molar-refractivity contribution in [2.24, 2.45) is 0 Å². The van der Waals surface area contributed by atoms with E-state index in [2.05, 4.69) is 5.32 Å². The normalized spacial score (nSPS) is 17.7. The summed E-state index contributed by atoms with van der Waals surface area (Å²) in [5.74, 6) is -1.59. The Morgan fingerprint density at radius 1 is 1.14 bits per heavy atom. The van der Waals surface area contributed by atoms with Gasteiger partial charge in [0, 0.05) is 5.69 Å². The van der Waals surface area contributed by atoms with E-state index in [0.29, 0.717) is 0 Å². The van der Waals surface area contributed by atoms with Gasteiger partial charge >= 0.3 is 12.3 Å². The van der Waals surface area contributed by atoms with Gasteiger partial charge in [-0.1, -0.05) is 30.3 Å². The first kappa shape index (κ1) is 20.6. The number of carbonyl (C=O) groups is 2. The van der Waals surface area contributed by atoms with Crippen molar-refractivity contribution in [2.75, 3.05) is 11.9 Å². The van der Waals surface area contributed by atoms with Crippen molar-refractivity contribution in [1.82, 2.24) is 4.90 Å². The van der Waals surface area contributed by atoms with Crippen LogP contribution in [0.3, 0.4) is 0 Å². The number of halogens is 4. The smallest absolute Gasteiger partial charge is 0.416 e. The summed E-state index contributed by atoms with van der Waals surface area (Å²) in [4.78, 5) is 25.3. The van der Waals surface area contributed by atoms with Crippen LogP contribution in [-0.2, 0) is 16.0 Å². The molecule has 5 nitrogen and oxygen atoms in total. The summed E-state index contributed by atoms with van der Waals surface area (Å²) in [5.41, 5.74) is 0.830. The van der Waals surface area contributed by atoms with Gasteiger partial charge in [0.25, 0.3) is 0 Å². The van der Waals surface area contributed by atoms with Crippen LogP contribution in [0, 0.1) is 5.82 Å². The summed E-state index contributed by atoms with van der Waals surface area (Å²) >= 11 is 0. The highest BCUT2D eigenvalue weighted by Gasteiger charge is 2.45. The van der Waals surface area contributed by atoms with Gasteiger partial charge in [0.2, 0.25) is 5.91 Å². The molecule has 154 valence electrons. The predicted octanol–water partition coefficient (Wildman–Crippen LogP) is 4.15. The highest BCUT2D eigenvalue weighted by Crippen LogP contribution is 2.28. The van der Waals surface area contributed by atoms with Crippen molar-refractivity contribution in [2.45, 2.75) is 31.1 Å². The van der Waals surface area contributed by atoms with Gasteiger partial charge in [0.1, 0.15) is 18.5 Å². The number of benzene rings is 2. The Bertz CT molecular complexity index is 856. The van der Waals surface area contributed by atoms with E-state index in [1.54, 1.807) is 30.3 Å². The number of amides is 2. The fraction of sp³-hybridized carbons (Fsp3) is 0.300. The maximum Gasteiger partial charge on any atom is 0.416 e. The quantitative estimate of drug-likeness (QED) is 0.727. The van der Waals surface area contributed by atoms with E-state index in [1.807, 2.05) is 0 Å². The molecule has 2 atom stereocenters. The van der Waals surface area contributed by atoms with Crippen molar-refractivity contribution in [3.8, 4) is 0 Å². The standard InChI is InChI=1S/C20H18F4N2O3/c21-14-6-8-15(9-7-14)25-17(20(22,23)24)11-18(27)26-16(12-29-19(26)28)10-13-4-2-1-3-5-13/h1-9,16-17,25H,10-12H2/t16-,17-/m0/s1. The third-order valence-electron chi connectivity index (χ3n) is 4.50. The lowest BCUT2D eigenvalue weighted by molar-refractivity contribution is -0.153. The van der Waals surface area contributed by atoms with Crippen LogP contribution in [0.1, 0.15) is 12.0 Å². The van der Waals surface area contributed by atoms with Gasteiger partial charge in [-0.05, 0) is 36.2 Å². The third-order valence-corrected chi connectivity index (χ3v) is 4.50. The molecule has 1 fully saturated rings. The summed E-state index contributed by atoms with van der Waals surface area (Å²) in [6.07, 6.45) is -6.44. The minimum atomic E-state index is -4.76. The van der Waals surface area contributed by atoms with E-state index in [0.717, 1.165) is 34.7 Å². The lowest BCUT2D eigenvalue weighted by Gasteiger charge is -2.25. The number of alkyl halides is 3. The van der Waals surface area contributed by atoms with Crippen LogP contribution in [-0.4, -0.2) is 41.8 Å². The molecule has 0 radical (unpaired) electrons. The number of cyclic esters (lactones) is 1. The summed E-state index contributed by atoms with van der Waals surface area (Å²) in [5, 5.41) is 2.19. The molecule has 1 heterocycles. The number of carbonyl (C=O) groups excluding carboxylic acids is 2. The SMILES string of the molecule is O=C(C[C@H](Nc1ccc(F)cc1)C(F)(F)F)N1C(=O)OC[C@@H]1Cc1ccccc1. The molecule has 0 saturated carbocycles. The second-order valence-corrected chi connectivity index (χ2v) is 6.63. The van der Waals surface area contributed by atoms with Crippen LogP contribution in [0.5, 0.6) is 0 Å². The zero-order valence-corrected chi connectivity index (χ0v) is 15.2. The molecule has 0 aromatic heterocycles. The number of nitrogens with zero attached hydrogens (tertiary/aromatic N) is 1. The Kier molecular flexibility index (Phi) is 6.05. The van der Waals surface area contributed by atoms with Crippen molar-refractivity contribution in [1.29, 1.82) is 0 Å². The first-order valence-corrected chi connectivity index (χ1v) is 8.85. The van der Waals surface area contributed by atoms with Crippen LogP contribution in [0.25, 0.3) is 0 Å². The molecule has 29 heavy (non-hydrogen) atoms. The molecule has 1 aliphatic rings. The molecule has 1 aliphatic heterocycles. The highest BCUT2D eigenvalue weighted by atomic mass is 19.4. The van der Waals surface area contributed by atoms with E-state index >= 15 is 0 Å². The molecule has 9 heteroatoms. The molecule has 2 aromatic rings. The fourth-order valence-electron chi connectivity index (χ4n) is 3.07. The Morgan fingerprint density at radius 3 is 2.41 bits per heavy atom. The number of anilines is 1. The van der Waals surface area contributed by atoms with E-state index in [-0.39, 0.29) is 18.7 Å². The summed E-state index contributed by atoms with van der Waals surface area (Å²) in [6.45, 7) is -0.0818. The molecule has 0 unspecified atom stereocenters. The fourth-order valence-corrected chi connectivity index (χ4v) is 3.07. The molecular weight excluding hydrogens is 392 g/mol. The molecule has 0 aliphatic carbocycles. The summed E-state index contributed by atoms with van der Waals surface area (Å²) in [6, 6.07) is 10.3. The van der Waals surface area contributed by atoms with Gasteiger partial charge < -0.3 is 10.1 Å². The van der Waals surface area contributed by atoms with Crippen LogP contribution in [0.2, 0.25) is 0 Å². The second-order valence-electron chi connectivity index (χ2n) is 6.63. The van der Waals surface area contributed by atoms with Crippen molar-refractivity contribution in [3.63, 3.8) is 0 Å². The van der Waals surface area contributed by atoms with Gasteiger partial charge in [-0.25, -0.2) is 14.1 Å². The third kappa shape index (κ3) is 5.24. The number of rotatable bonds is 6. The minimum Gasteiger partial charge on any atom is -0.447 e. The van der Waals surface area contributed by atoms with E-state index in [9.17, 15) is 27.2 Å². The first-order chi connectivity index (χ1) is 13.7. The molecule has 3 rings (SSSR count). The van der Waals surface area contributed by atoms with Gasteiger partial charge in [-0.15, -0.1) is 0 Å². The molecule has 0 spiro atoms. The predicted molar refractivity (Wildman–Crippen MR) is 96.6 cm³/mol. The lowest BCUT2D eigenvalue weighted by Crippen LogP contribution is -2.46. The van der Waals surface area contributed by atoms with Crippen LogP contribution in [0.4, 0.5) is 28.0 Å². The van der Waals surface area contributed by atoms with E-state index in [4.69, 9.17) is 4.74 Å². The molecule has 2 amide bonds. The van der Waals surface area contributed by atoms with Crippen LogP contribution >= 0.6 is 0 Å². The summed E-state index contributed by atoms with van der Waals surface area (Å²) in [7, 11) is 0. The lowest BCUT2D eigenvalue weighted by atomic mass is 10.0. The molecule has 2 aromatic carbocycles. The van der Waals surface area contributed by atoms with Gasteiger partial charge in [0.05, 0.1) is 12.5 Å². The Morgan fingerprint density at radius 2 is 1.79 bits per heavy atom. The molecule has 1 saturated heterocycles. The first-order valence-electron chi connectivity index (χ1n) is 8.85. The minimum absolute atomic E-state index is 0.00589. The average molecular weight is 410 g/mol. The second kappa shape index (κ2) is 8.50. The van der Waals surface area contributed by atoms with Crippen molar-refractivity contribution in [3.05, 3.63) is 66.0 Å². The maximum absolute atomic E-state index is 13.4. The van der Waals surface area contributed by atoms with E-state index in [1.165, 1.54) is 0 Å². The Balaban J connectivity index is 1.73. The molecular formula is C20H18F4N2O3.